The van der Waals surface area contributed by atoms with Gasteiger partial charge in [-0.25, -0.2) is 18.4 Å². The van der Waals surface area contributed by atoms with Crippen molar-refractivity contribution in [3.63, 3.8) is 0 Å². The van der Waals surface area contributed by atoms with Gasteiger partial charge in [-0.15, -0.1) is 0 Å². The van der Waals surface area contributed by atoms with Gasteiger partial charge in [0.2, 0.25) is 0 Å². The molecule has 0 aliphatic carbocycles. The number of hydrogen-bond acceptors (Lipinski definition) is 3. The molecule has 1 aromatic carbocycles. The Morgan fingerprint density at radius 1 is 1.35 bits per heavy atom. The minimum atomic E-state index is -1.46. The Morgan fingerprint density at radius 2 is 1.95 bits per heavy atom. The molecule has 8 heteroatoms. The molecule has 0 spiro atoms. The molecular weight excluding hydrogens is 290 g/mol. The molecular formula is C12H14F2N2O3S. The predicted octanol–water partition coefficient (Wildman–Crippen LogP) is 2.54. The fourth-order valence-electron chi connectivity index (χ4n) is 1.50. The summed E-state index contributed by atoms with van der Waals surface area (Å²) in [5.74, 6) is -3.32. The normalized spacial score (nSPS) is 11.8. The second-order valence-electron chi connectivity index (χ2n) is 4.07. The van der Waals surface area contributed by atoms with Crippen molar-refractivity contribution in [2.75, 3.05) is 17.3 Å². The van der Waals surface area contributed by atoms with Crippen molar-refractivity contribution in [3.8, 4) is 0 Å². The summed E-state index contributed by atoms with van der Waals surface area (Å²) in [6, 6.07) is 0.333. The lowest BCUT2D eigenvalue weighted by Crippen LogP contribution is -2.37. The van der Waals surface area contributed by atoms with Crippen LogP contribution in [0.5, 0.6) is 0 Å². The highest BCUT2D eigenvalue weighted by molar-refractivity contribution is 7.98. The van der Waals surface area contributed by atoms with E-state index in [-0.39, 0.29) is 11.7 Å². The number of aromatic carboxylic acids is 1. The number of hydrogen-bond donors (Lipinski definition) is 3. The number of thioether (sulfide) groups is 1. The Balaban J connectivity index is 2.88. The van der Waals surface area contributed by atoms with E-state index in [0.29, 0.717) is 17.9 Å². The molecule has 0 aliphatic heterocycles. The van der Waals surface area contributed by atoms with Gasteiger partial charge in [-0.3, -0.25) is 0 Å². The van der Waals surface area contributed by atoms with Crippen LogP contribution in [0.3, 0.4) is 0 Å². The van der Waals surface area contributed by atoms with Crippen molar-refractivity contribution in [1.82, 2.24) is 5.32 Å². The summed E-state index contributed by atoms with van der Waals surface area (Å²) in [6.07, 6.45) is 1.87. The molecule has 20 heavy (non-hydrogen) atoms. The van der Waals surface area contributed by atoms with Crippen LogP contribution in [0.15, 0.2) is 12.1 Å². The average Bonchev–Trinajstić information content (AvgIpc) is 2.33. The van der Waals surface area contributed by atoms with E-state index in [1.165, 1.54) is 11.8 Å². The largest absolute Gasteiger partial charge is 0.478 e. The Labute approximate surface area is 118 Å². The SMILES string of the molecule is CSCC(C)NC(=O)Nc1cc(F)c(F)cc1C(=O)O. The van der Waals surface area contributed by atoms with Gasteiger partial charge in [0, 0.05) is 17.9 Å². The monoisotopic (exact) mass is 304 g/mol. The second kappa shape index (κ2) is 7.09. The zero-order valence-electron chi connectivity index (χ0n) is 10.9. The van der Waals surface area contributed by atoms with Gasteiger partial charge < -0.3 is 15.7 Å². The molecule has 5 nitrogen and oxygen atoms in total. The smallest absolute Gasteiger partial charge is 0.337 e. The summed E-state index contributed by atoms with van der Waals surface area (Å²) in [4.78, 5) is 22.6. The number of halogens is 2. The molecule has 0 saturated carbocycles. The minimum Gasteiger partial charge on any atom is -0.478 e. The van der Waals surface area contributed by atoms with Gasteiger partial charge in [-0.2, -0.15) is 11.8 Å². The molecule has 0 radical (unpaired) electrons. The highest BCUT2D eigenvalue weighted by atomic mass is 32.2. The maximum atomic E-state index is 13.1. The zero-order valence-corrected chi connectivity index (χ0v) is 11.7. The Morgan fingerprint density at radius 3 is 2.50 bits per heavy atom. The molecule has 0 aliphatic rings. The molecule has 0 bridgehead atoms. The Kier molecular flexibility index (Phi) is 5.75. The zero-order chi connectivity index (χ0) is 15.3. The summed E-state index contributed by atoms with van der Waals surface area (Å²) in [7, 11) is 0. The van der Waals surface area contributed by atoms with Crippen molar-refractivity contribution >= 4 is 29.4 Å². The first-order chi connectivity index (χ1) is 9.35. The average molecular weight is 304 g/mol. The number of carboxylic acid groups (broad SMARTS) is 1. The summed E-state index contributed by atoms with van der Waals surface area (Å²) >= 11 is 1.52. The van der Waals surface area contributed by atoms with E-state index < -0.39 is 29.2 Å². The number of urea groups is 1. The van der Waals surface area contributed by atoms with Crippen LogP contribution >= 0.6 is 11.8 Å². The summed E-state index contributed by atoms with van der Waals surface area (Å²) in [5, 5.41) is 13.6. The Bertz CT molecular complexity index is 526. The van der Waals surface area contributed by atoms with Crippen LogP contribution in [0, 0.1) is 11.6 Å². The third-order valence-electron chi connectivity index (χ3n) is 2.33. The van der Waals surface area contributed by atoms with Gasteiger partial charge >= 0.3 is 12.0 Å². The van der Waals surface area contributed by atoms with Crippen molar-refractivity contribution in [1.29, 1.82) is 0 Å². The number of carboxylic acids is 1. The van der Waals surface area contributed by atoms with Gasteiger partial charge in [-0.05, 0) is 19.2 Å². The number of benzene rings is 1. The standard InChI is InChI=1S/C12H14F2N2O3S/c1-6(5-20-2)15-12(19)16-10-4-9(14)8(13)3-7(10)11(17)18/h3-4,6H,5H2,1-2H3,(H,17,18)(H2,15,16,19). The minimum absolute atomic E-state index is 0.149. The molecule has 2 amide bonds. The molecule has 1 aromatic rings. The topological polar surface area (TPSA) is 78.4 Å². The third kappa shape index (κ3) is 4.37. The predicted molar refractivity (Wildman–Crippen MR) is 73.3 cm³/mol. The maximum absolute atomic E-state index is 13.1. The highest BCUT2D eigenvalue weighted by Crippen LogP contribution is 2.20. The van der Waals surface area contributed by atoms with E-state index >= 15 is 0 Å². The summed E-state index contributed by atoms with van der Waals surface area (Å²) < 4.78 is 26.1. The van der Waals surface area contributed by atoms with E-state index in [1.807, 2.05) is 6.26 Å². The van der Waals surface area contributed by atoms with Crippen LogP contribution in [0.2, 0.25) is 0 Å². The first-order valence-electron chi connectivity index (χ1n) is 5.64. The Hall–Kier alpha value is -1.83. The van der Waals surface area contributed by atoms with E-state index in [9.17, 15) is 18.4 Å². The van der Waals surface area contributed by atoms with E-state index in [4.69, 9.17) is 5.11 Å². The third-order valence-corrected chi connectivity index (χ3v) is 3.17. The number of carbonyl (C=O) groups excluding carboxylic acids is 1. The molecule has 1 atom stereocenters. The fraction of sp³-hybridized carbons (Fsp3) is 0.333. The maximum Gasteiger partial charge on any atom is 0.337 e. The first-order valence-corrected chi connectivity index (χ1v) is 7.03. The molecule has 0 fully saturated rings. The van der Waals surface area contributed by atoms with Gasteiger partial charge in [0.25, 0.3) is 0 Å². The van der Waals surface area contributed by atoms with Crippen molar-refractivity contribution < 1.29 is 23.5 Å². The van der Waals surface area contributed by atoms with Crippen LogP contribution in [0.1, 0.15) is 17.3 Å². The quantitative estimate of drug-likeness (QED) is 0.781. The van der Waals surface area contributed by atoms with Crippen LogP contribution in [0.25, 0.3) is 0 Å². The first kappa shape index (κ1) is 16.2. The van der Waals surface area contributed by atoms with E-state index in [2.05, 4.69) is 10.6 Å². The number of anilines is 1. The van der Waals surface area contributed by atoms with Crippen LogP contribution in [-0.4, -0.2) is 35.2 Å². The van der Waals surface area contributed by atoms with Gasteiger partial charge in [-0.1, -0.05) is 0 Å². The second-order valence-corrected chi connectivity index (χ2v) is 4.98. The number of carbonyl (C=O) groups is 2. The summed E-state index contributed by atoms with van der Waals surface area (Å²) in [5.41, 5.74) is -0.818. The van der Waals surface area contributed by atoms with Crippen molar-refractivity contribution in [3.05, 3.63) is 29.3 Å². The lowest BCUT2D eigenvalue weighted by Gasteiger charge is -2.14. The van der Waals surface area contributed by atoms with Gasteiger partial charge in [0.05, 0.1) is 11.3 Å². The number of amides is 2. The summed E-state index contributed by atoms with van der Waals surface area (Å²) in [6.45, 7) is 1.76. The molecule has 3 N–H and O–H groups in total. The molecule has 0 heterocycles. The van der Waals surface area contributed by atoms with Crippen LogP contribution in [0.4, 0.5) is 19.3 Å². The number of nitrogens with one attached hydrogen (secondary N) is 2. The lowest BCUT2D eigenvalue weighted by molar-refractivity contribution is 0.0697. The lowest BCUT2D eigenvalue weighted by atomic mass is 10.1. The van der Waals surface area contributed by atoms with E-state index in [1.54, 1.807) is 6.92 Å². The molecule has 1 rings (SSSR count). The van der Waals surface area contributed by atoms with Crippen LogP contribution in [-0.2, 0) is 0 Å². The number of rotatable bonds is 5. The molecule has 1 unspecified atom stereocenters. The fourth-order valence-corrected chi connectivity index (χ4v) is 2.08. The van der Waals surface area contributed by atoms with Crippen LogP contribution < -0.4 is 10.6 Å². The van der Waals surface area contributed by atoms with Gasteiger partial charge in [0.15, 0.2) is 11.6 Å². The van der Waals surface area contributed by atoms with Crippen molar-refractivity contribution in [2.45, 2.75) is 13.0 Å². The molecule has 0 aromatic heterocycles. The molecule has 0 saturated heterocycles. The highest BCUT2D eigenvalue weighted by Gasteiger charge is 2.17. The van der Waals surface area contributed by atoms with Gasteiger partial charge in [0.1, 0.15) is 0 Å². The molecule has 110 valence electrons. The van der Waals surface area contributed by atoms with Crippen molar-refractivity contribution in [2.24, 2.45) is 0 Å². The van der Waals surface area contributed by atoms with E-state index in [0.717, 1.165) is 0 Å².